The van der Waals surface area contributed by atoms with Gasteiger partial charge in [0.05, 0.1) is 24.2 Å². The first-order valence-electron chi connectivity index (χ1n) is 8.75. The molecule has 0 aliphatic heterocycles. The van der Waals surface area contributed by atoms with E-state index in [2.05, 4.69) is 24.6 Å². The topological polar surface area (TPSA) is 162 Å². The molecule has 0 spiro atoms. The smallest absolute Gasteiger partial charge is 0.333 e. The summed E-state index contributed by atoms with van der Waals surface area (Å²) in [5, 5.41) is 22.4. The molecule has 0 bridgehead atoms. The van der Waals surface area contributed by atoms with E-state index < -0.39 is 22.3 Å². The zero-order valence-corrected chi connectivity index (χ0v) is 17.3. The van der Waals surface area contributed by atoms with Gasteiger partial charge >= 0.3 is 10.3 Å². The van der Waals surface area contributed by atoms with Gasteiger partial charge in [-0.25, -0.2) is 15.1 Å². The van der Waals surface area contributed by atoms with Crippen molar-refractivity contribution in [1.82, 2.24) is 19.7 Å². The van der Waals surface area contributed by atoms with Gasteiger partial charge in [-0.2, -0.15) is 13.5 Å². The average molecular weight is 443 g/mol. The normalized spacial score (nSPS) is 22.0. The molecule has 158 valence electrons. The highest BCUT2D eigenvalue weighted by Gasteiger charge is 2.34. The van der Waals surface area contributed by atoms with Gasteiger partial charge in [0.2, 0.25) is 5.78 Å². The molecule has 0 amide bonds. The van der Waals surface area contributed by atoms with Crippen LogP contribution in [0.5, 0.6) is 0 Å². The van der Waals surface area contributed by atoms with Crippen LogP contribution in [0.3, 0.4) is 0 Å². The van der Waals surface area contributed by atoms with Crippen molar-refractivity contribution >= 4 is 33.7 Å². The first-order chi connectivity index (χ1) is 13.8. The minimum absolute atomic E-state index is 0.208. The molecule has 2 aromatic rings. The molecule has 1 aliphatic rings. The van der Waals surface area contributed by atoms with Crippen LogP contribution in [0.15, 0.2) is 24.8 Å². The van der Waals surface area contributed by atoms with Gasteiger partial charge in [0.25, 0.3) is 0 Å². The lowest BCUT2D eigenvalue weighted by Crippen LogP contribution is -2.24. The Hall–Kier alpha value is -2.06. The summed E-state index contributed by atoms with van der Waals surface area (Å²) < 4.78 is 28.2. The second kappa shape index (κ2) is 9.17. The summed E-state index contributed by atoms with van der Waals surface area (Å²) in [5.41, 5.74) is 0.545. The maximum Gasteiger partial charge on any atom is 0.333 e. The van der Waals surface area contributed by atoms with Gasteiger partial charge in [-0.05, 0) is 25.2 Å². The molecule has 13 heteroatoms. The van der Waals surface area contributed by atoms with Gasteiger partial charge < -0.3 is 10.4 Å². The standard InChI is InChI=1S/C16H22N6O5S2/c1-28-9-22-3-2-13(21-22)15(24)12-6-18-8-19-16(12)20-11-4-10(14(23)5-11)7-27-29(17,25)26/h2-3,6,8,10-11,14,23H,4-5,7,9H2,1H3,(H2,17,25,26)(H,18,19,20)/t10-,11-,14+/m1/s1. The van der Waals surface area contributed by atoms with Crippen LogP contribution < -0.4 is 10.5 Å². The molecule has 0 saturated heterocycles. The number of hydrogen-bond donors (Lipinski definition) is 3. The lowest BCUT2D eigenvalue weighted by molar-refractivity contribution is 0.101. The fourth-order valence-corrected chi connectivity index (χ4v) is 3.98. The number of nitrogens with two attached hydrogens (primary N) is 1. The van der Waals surface area contributed by atoms with Crippen molar-refractivity contribution in [3.05, 3.63) is 36.0 Å². The van der Waals surface area contributed by atoms with Crippen LogP contribution in [0.4, 0.5) is 5.82 Å². The number of aliphatic hydroxyl groups excluding tert-OH is 1. The Morgan fingerprint density at radius 3 is 3.00 bits per heavy atom. The van der Waals surface area contributed by atoms with Crippen molar-refractivity contribution in [1.29, 1.82) is 0 Å². The Labute approximate surface area is 172 Å². The van der Waals surface area contributed by atoms with E-state index in [0.717, 1.165) is 0 Å². The zero-order chi connectivity index (χ0) is 21.0. The van der Waals surface area contributed by atoms with Crippen LogP contribution in [0.25, 0.3) is 0 Å². The quantitative estimate of drug-likeness (QED) is 0.450. The number of thioether (sulfide) groups is 1. The molecule has 3 rings (SSSR count). The van der Waals surface area contributed by atoms with Crippen LogP contribution in [-0.2, 0) is 20.4 Å². The molecule has 29 heavy (non-hydrogen) atoms. The monoisotopic (exact) mass is 442 g/mol. The number of rotatable bonds is 9. The van der Waals surface area contributed by atoms with Crippen molar-refractivity contribution in [2.45, 2.75) is 30.9 Å². The minimum atomic E-state index is -4.07. The summed E-state index contributed by atoms with van der Waals surface area (Å²) in [5.74, 6) is 0.232. The van der Waals surface area contributed by atoms with Crippen molar-refractivity contribution in [2.24, 2.45) is 11.1 Å². The molecule has 11 nitrogen and oxygen atoms in total. The summed E-state index contributed by atoms with van der Waals surface area (Å²) in [4.78, 5) is 20.9. The summed E-state index contributed by atoms with van der Waals surface area (Å²) in [6, 6.07) is 1.41. The molecule has 2 aromatic heterocycles. The van der Waals surface area contributed by atoms with E-state index in [4.69, 9.17) is 5.14 Å². The van der Waals surface area contributed by atoms with Crippen LogP contribution in [-0.4, -0.2) is 64.1 Å². The number of nitrogens with zero attached hydrogens (tertiary/aromatic N) is 4. The maximum absolute atomic E-state index is 12.8. The SMILES string of the molecule is CSCn1ccc(C(=O)c2cncnc2N[C@@H]2C[C@H](COS(N)(=O)=O)[C@@H](O)C2)n1. The van der Waals surface area contributed by atoms with Gasteiger partial charge in [0, 0.05) is 24.4 Å². The fraction of sp³-hybridized carbons (Fsp3) is 0.500. The van der Waals surface area contributed by atoms with Crippen LogP contribution >= 0.6 is 11.8 Å². The first-order valence-corrected chi connectivity index (χ1v) is 11.6. The molecule has 1 aliphatic carbocycles. The first kappa shape index (κ1) is 21.6. The van der Waals surface area contributed by atoms with E-state index in [1.807, 2.05) is 6.26 Å². The second-order valence-electron chi connectivity index (χ2n) is 6.69. The Morgan fingerprint density at radius 2 is 2.28 bits per heavy atom. The molecular formula is C16H22N6O5S2. The van der Waals surface area contributed by atoms with Gasteiger partial charge in [0.15, 0.2) is 0 Å². The number of carbonyl (C=O) groups excluding carboxylic acids is 1. The van der Waals surface area contributed by atoms with Crippen molar-refractivity contribution in [2.75, 3.05) is 18.2 Å². The van der Waals surface area contributed by atoms with E-state index in [1.165, 1.54) is 12.5 Å². The third kappa shape index (κ3) is 5.73. The molecule has 3 atom stereocenters. The van der Waals surface area contributed by atoms with Gasteiger partial charge in [0.1, 0.15) is 17.8 Å². The van der Waals surface area contributed by atoms with E-state index in [-0.39, 0.29) is 29.7 Å². The van der Waals surface area contributed by atoms with E-state index in [9.17, 15) is 18.3 Å². The summed E-state index contributed by atoms with van der Waals surface area (Å²) in [6.07, 6.45) is 6.40. The molecule has 1 fully saturated rings. The van der Waals surface area contributed by atoms with Gasteiger partial charge in [-0.15, -0.1) is 11.8 Å². The number of aromatic nitrogens is 4. The van der Waals surface area contributed by atoms with Crippen molar-refractivity contribution in [3.63, 3.8) is 0 Å². The van der Waals surface area contributed by atoms with E-state index >= 15 is 0 Å². The highest BCUT2D eigenvalue weighted by Crippen LogP contribution is 2.29. The third-order valence-corrected chi connectivity index (χ3v) is 5.52. The molecule has 2 heterocycles. The molecule has 4 N–H and O–H groups in total. The third-order valence-electron chi connectivity index (χ3n) is 4.54. The fourth-order valence-electron chi connectivity index (χ4n) is 3.21. The van der Waals surface area contributed by atoms with Crippen molar-refractivity contribution < 1.29 is 22.5 Å². The summed E-state index contributed by atoms with van der Waals surface area (Å²) in [7, 11) is -4.07. The number of aliphatic hydroxyl groups is 1. The molecule has 0 aromatic carbocycles. The predicted octanol–water partition coefficient (Wildman–Crippen LogP) is -0.00390. The number of hydrogen-bond acceptors (Lipinski definition) is 10. The Bertz CT molecular complexity index is 966. The van der Waals surface area contributed by atoms with E-state index in [1.54, 1.807) is 28.7 Å². The lowest BCUT2D eigenvalue weighted by atomic mass is 10.1. The predicted molar refractivity (Wildman–Crippen MR) is 106 cm³/mol. The van der Waals surface area contributed by atoms with Gasteiger partial charge in [-0.1, -0.05) is 0 Å². The average Bonchev–Trinajstić information content (AvgIpc) is 3.26. The number of ketones is 1. The Morgan fingerprint density at radius 1 is 1.48 bits per heavy atom. The lowest BCUT2D eigenvalue weighted by Gasteiger charge is -2.15. The molecule has 1 saturated carbocycles. The number of carbonyl (C=O) groups is 1. The summed E-state index contributed by atoms with van der Waals surface area (Å²) in [6.45, 7) is -0.208. The van der Waals surface area contributed by atoms with Gasteiger partial charge in [-0.3, -0.25) is 13.7 Å². The Balaban J connectivity index is 1.70. The summed E-state index contributed by atoms with van der Waals surface area (Å²) >= 11 is 1.58. The van der Waals surface area contributed by atoms with Crippen LogP contribution in [0, 0.1) is 5.92 Å². The molecular weight excluding hydrogens is 420 g/mol. The largest absolute Gasteiger partial charge is 0.393 e. The van der Waals surface area contributed by atoms with E-state index in [0.29, 0.717) is 24.5 Å². The van der Waals surface area contributed by atoms with Crippen LogP contribution in [0.1, 0.15) is 28.9 Å². The highest BCUT2D eigenvalue weighted by atomic mass is 32.2. The molecule has 0 unspecified atom stereocenters. The Kier molecular flexibility index (Phi) is 6.85. The number of nitrogens with one attached hydrogen (secondary N) is 1. The number of anilines is 1. The maximum atomic E-state index is 12.8. The highest BCUT2D eigenvalue weighted by molar-refractivity contribution is 7.97. The van der Waals surface area contributed by atoms with Crippen LogP contribution in [0.2, 0.25) is 0 Å². The minimum Gasteiger partial charge on any atom is -0.393 e. The zero-order valence-electron chi connectivity index (χ0n) is 15.6. The molecule has 0 radical (unpaired) electrons. The van der Waals surface area contributed by atoms with Crippen molar-refractivity contribution in [3.8, 4) is 0 Å². The second-order valence-corrected chi connectivity index (χ2v) is 8.75.